The number of likely N-dealkylation sites (tertiary alicyclic amines) is 1. The van der Waals surface area contributed by atoms with Crippen molar-refractivity contribution in [2.24, 2.45) is 28.4 Å². The molecule has 1 aliphatic carbocycles. The van der Waals surface area contributed by atoms with Crippen molar-refractivity contribution in [1.29, 1.82) is 0 Å². The number of fused-ring (bicyclic) bond motifs is 1. The van der Waals surface area contributed by atoms with Crippen molar-refractivity contribution >= 4 is 42.0 Å². The SMILES string of the molecule is CC(C)(C)[C@H](NC(=O)C(F)(F)F)C(=O)N1C[C@H]2[C@@H]([C@H]1C(=O)N[C@@H](c1cncc(Cl)c1)C(N)S)C2(C)C. The van der Waals surface area contributed by atoms with Crippen molar-refractivity contribution in [3.8, 4) is 0 Å². The van der Waals surface area contributed by atoms with E-state index < -0.39 is 52.8 Å². The fraction of sp³-hybridized carbons (Fsp3) is 0.652. The largest absolute Gasteiger partial charge is 0.471 e. The number of aromatic nitrogens is 1. The van der Waals surface area contributed by atoms with E-state index in [1.165, 1.54) is 17.3 Å². The summed E-state index contributed by atoms with van der Waals surface area (Å²) < 4.78 is 39.0. The van der Waals surface area contributed by atoms with Gasteiger partial charge in [-0.25, -0.2) is 0 Å². The molecule has 0 aromatic carbocycles. The van der Waals surface area contributed by atoms with Crippen molar-refractivity contribution < 1.29 is 27.6 Å². The number of nitrogens with two attached hydrogens (primary N) is 1. The Hall–Kier alpha value is -2.05. The molecule has 13 heteroatoms. The van der Waals surface area contributed by atoms with Crippen LogP contribution in [0.15, 0.2) is 18.5 Å². The number of piperidine rings is 1. The van der Waals surface area contributed by atoms with E-state index in [0.717, 1.165) is 0 Å². The minimum atomic E-state index is -5.16. The molecule has 3 rings (SSSR count). The predicted molar refractivity (Wildman–Crippen MR) is 131 cm³/mol. The smallest absolute Gasteiger partial charge is 0.345 e. The standard InChI is InChI=1S/C23H31ClF3N5O3S/c1-21(2,3)16(31-20(35)23(25,26)27)19(34)32-9-12-13(22(12,4)5)15(32)18(33)30-14(17(28)36)10-6-11(24)8-29-7-10/h6-8,12-17,36H,9,28H2,1-5H3,(H,30,33)(H,31,35)/t12-,13-,14-,15-,16+,17?/m0/s1. The lowest BCUT2D eigenvalue weighted by Crippen LogP contribution is -2.61. The molecular formula is C23H31ClF3N5O3S. The summed E-state index contributed by atoms with van der Waals surface area (Å²) in [6.45, 7) is 8.76. The number of halogens is 4. The van der Waals surface area contributed by atoms with E-state index in [-0.39, 0.29) is 23.8 Å². The van der Waals surface area contributed by atoms with Crippen LogP contribution in [0.25, 0.3) is 0 Å². The number of rotatable bonds is 6. The maximum Gasteiger partial charge on any atom is 0.471 e. The Kier molecular flexibility index (Phi) is 7.67. The molecule has 2 aliphatic rings. The Morgan fingerprint density at radius 1 is 1.22 bits per heavy atom. The Bertz CT molecular complexity index is 1050. The second kappa shape index (κ2) is 9.68. The van der Waals surface area contributed by atoms with Crippen LogP contribution in [0.3, 0.4) is 0 Å². The number of pyridine rings is 1. The molecule has 2 fully saturated rings. The molecule has 4 N–H and O–H groups in total. The van der Waals surface area contributed by atoms with E-state index in [2.05, 4.69) is 22.9 Å². The minimum Gasteiger partial charge on any atom is -0.345 e. The average Bonchev–Trinajstić information content (AvgIpc) is 3.08. The maximum absolute atomic E-state index is 13.6. The van der Waals surface area contributed by atoms with E-state index in [1.807, 2.05) is 19.2 Å². The van der Waals surface area contributed by atoms with Crippen LogP contribution in [0.4, 0.5) is 13.2 Å². The first kappa shape index (κ1) is 28.5. The number of nitrogens with zero attached hydrogens (tertiary/aromatic N) is 2. The monoisotopic (exact) mass is 549 g/mol. The van der Waals surface area contributed by atoms with Crippen LogP contribution < -0.4 is 16.4 Å². The molecule has 1 saturated carbocycles. The summed E-state index contributed by atoms with van der Waals surface area (Å²) in [5.74, 6) is -3.72. The third-order valence-electron chi connectivity index (χ3n) is 7.13. The molecule has 6 atom stereocenters. The molecule has 8 nitrogen and oxygen atoms in total. The Morgan fingerprint density at radius 3 is 2.33 bits per heavy atom. The van der Waals surface area contributed by atoms with Gasteiger partial charge in [0, 0.05) is 18.9 Å². The maximum atomic E-state index is 13.6. The van der Waals surface area contributed by atoms with Gasteiger partial charge in [0.05, 0.1) is 16.4 Å². The number of carbonyl (C=O) groups excluding carboxylic acids is 3. The molecule has 2 heterocycles. The van der Waals surface area contributed by atoms with Gasteiger partial charge in [0.25, 0.3) is 0 Å². The quantitative estimate of drug-likeness (QED) is 0.321. The van der Waals surface area contributed by atoms with Gasteiger partial charge < -0.3 is 21.3 Å². The second-order valence-electron chi connectivity index (χ2n) is 11.1. The Balaban J connectivity index is 1.90. The lowest BCUT2D eigenvalue weighted by molar-refractivity contribution is -0.176. The Labute approximate surface area is 218 Å². The average molecular weight is 550 g/mol. The molecule has 0 bridgehead atoms. The van der Waals surface area contributed by atoms with Crippen molar-refractivity contribution in [1.82, 2.24) is 20.5 Å². The van der Waals surface area contributed by atoms with Gasteiger partial charge in [-0.3, -0.25) is 19.4 Å². The zero-order valence-corrected chi connectivity index (χ0v) is 22.2. The zero-order chi connectivity index (χ0) is 27.4. The van der Waals surface area contributed by atoms with E-state index in [1.54, 1.807) is 26.8 Å². The molecule has 200 valence electrons. The molecule has 0 radical (unpaired) electrons. The number of thiol groups is 1. The van der Waals surface area contributed by atoms with Crippen molar-refractivity contribution in [2.75, 3.05) is 6.54 Å². The third-order valence-corrected chi connectivity index (χ3v) is 7.64. The van der Waals surface area contributed by atoms with Crippen LogP contribution in [0.5, 0.6) is 0 Å². The topological polar surface area (TPSA) is 117 Å². The summed E-state index contributed by atoms with van der Waals surface area (Å²) in [6, 6.07) is -1.68. The van der Waals surface area contributed by atoms with Crippen molar-refractivity contribution in [2.45, 2.75) is 64.3 Å². The lowest BCUT2D eigenvalue weighted by Gasteiger charge is -2.38. The van der Waals surface area contributed by atoms with Gasteiger partial charge in [-0.2, -0.15) is 25.8 Å². The molecule has 36 heavy (non-hydrogen) atoms. The minimum absolute atomic E-state index is 0.0212. The first-order valence-electron chi connectivity index (χ1n) is 11.4. The molecule has 1 aromatic heterocycles. The first-order chi connectivity index (χ1) is 16.4. The number of nitrogens with one attached hydrogen (secondary N) is 2. The Morgan fingerprint density at radius 2 is 1.83 bits per heavy atom. The third kappa shape index (κ3) is 5.60. The first-order valence-corrected chi connectivity index (χ1v) is 12.3. The highest BCUT2D eigenvalue weighted by molar-refractivity contribution is 7.80. The van der Waals surface area contributed by atoms with Crippen LogP contribution in [0.2, 0.25) is 5.02 Å². The zero-order valence-electron chi connectivity index (χ0n) is 20.6. The highest BCUT2D eigenvalue weighted by atomic mass is 35.5. The second-order valence-corrected chi connectivity index (χ2v) is 12.1. The summed E-state index contributed by atoms with van der Waals surface area (Å²) in [7, 11) is 0. The molecular weight excluding hydrogens is 519 g/mol. The highest BCUT2D eigenvalue weighted by Crippen LogP contribution is 2.65. The van der Waals surface area contributed by atoms with E-state index in [4.69, 9.17) is 17.3 Å². The van der Waals surface area contributed by atoms with Gasteiger partial charge in [0.2, 0.25) is 11.8 Å². The molecule has 1 saturated heterocycles. The number of hydrogen-bond acceptors (Lipinski definition) is 6. The van der Waals surface area contributed by atoms with Crippen molar-refractivity contribution in [3.63, 3.8) is 0 Å². The normalized spacial score (nSPS) is 25.4. The van der Waals surface area contributed by atoms with Gasteiger partial charge >= 0.3 is 12.1 Å². The fourth-order valence-electron chi connectivity index (χ4n) is 5.04. The van der Waals surface area contributed by atoms with Crippen LogP contribution in [0, 0.1) is 22.7 Å². The number of alkyl halides is 3. The number of hydrogen-bond donors (Lipinski definition) is 4. The number of carbonyl (C=O) groups is 3. The van der Waals surface area contributed by atoms with Crippen LogP contribution >= 0.6 is 24.2 Å². The predicted octanol–water partition coefficient (Wildman–Crippen LogP) is 2.68. The molecule has 1 aliphatic heterocycles. The molecule has 1 aromatic rings. The summed E-state index contributed by atoms with van der Waals surface area (Å²) >= 11 is 10.3. The van der Waals surface area contributed by atoms with Crippen molar-refractivity contribution in [3.05, 3.63) is 29.0 Å². The van der Waals surface area contributed by atoms with Gasteiger partial charge in [-0.05, 0) is 34.3 Å². The van der Waals surface area contributed by atoms with Gasteiger partial charge in [-0.1, -0.05) is 46.2 Å². The summed E-state index contributed by atoms with van der Waals surface area (Å²) in [6.07, 6.45) is -2.25. The summed E-state index contributed by atoms with van der Waals surface area (Å²) in [5.41, 5.74) is 5.21. The highest BCUT2D eigenvalue weighted by Gasteiger charge is 2.70. The molecule has 1 unspecified atom stereocenters. The fourth-order valence-corrected chi connectivity index (χ4v) is 5.47. The van der Waals surface area contributed by atoms with Gasteiger partial charge in [-0.15, -0.1) is 0 Å². The van der Waals surface area contributed by atoms with Gasteiger partial charge in [0.15, 0.2) is 0 Å². The molecule has 3 amide bonds. The van der Waals surface area contributed by atoms with Crippen LogP contribution in [-0.2, 0) is 14.4 Å². The van der Waals surface area contributed by atoms with E-state index >= 15 is 0 Å². The van der Waals surface area contributed by atoms with Gasteiger partial charge in [0.1, 0.15) is 12.1 Å². The van der Waals surface area contributed by atoms with Crippen LogP contribution in [-0.4, -0.2) is 57.8 Å². The van der Waals surface area contributed by atoms with E-state index in [9.17, 15) is 27.6 Å². The van der Waals surface area contributed by atoms with Crippen LogP contribution in [0.1, 0.15) is 46.2 Å². The lowest BCUT2D eigenvalue weighted by atomic mass is 9.85. The number of amides is 3. The summed E-state index contributed by atoms with van der Waals surface area (Å²) in [4.78, 5) is 44.2. The molecule has 0 spiro atoms. The van der Waals surface area contributed by atoms with E-state index in [0.29, 0.717) is 10.6 Å². The summed E-state index contributed by atoms with van der Waals surface area (Å²) in [5, 5.41) is 4.15.